The summed E-state index contributed by atoms with van der Waals surface area (Å²) in [6.45, 7) is 7.63. The smallest absolute Gasteiger partial charge is 0.0208 e. The van der Waals surface area contributed by atoms with Gasteiger partial charge in [-0.2, -0.15) is 0 Å². The Hall–Kier alpha value is -0.600. The molecule has 1 aromatic carbocycles. The van der Waals surface area contributed by atoms with Crippen molar-refractivity contribution in [2.45, 2.75) is 13.5 Å². The van der Waals surface area contributed by atoms with Crippen LogP contribution in [0.1, 0.15) is 12.5 Å². The maximum atomic E-state index is 3.83. The maximum absolute atomic E-state index is 3.83. The molecule has 0 aliphatic rings. The highest BCUT2D eigenvalue weighted by Gasteiger charge is 1.92. The Labute approximate surface area is 88.0 Å². The summed E-state index contributed by atoms with van der Waals surface area (Å²) in [5.74, 6) is 0. The fourth-order valence-electron chi connectivity index (χ4n) is 1.07. The lowest BCUT2D eigenvalue weighted by Gasteiger charge is -2.04. The van der Waals surface area contributed by atoms with Crippen LogP contribution in [0.15, 0.2) is 40.9 Å². The van der Waals surface area contributed by atoms with Crippen molar-refractivity contribution in [3.63, 3.8) is 0 Å². The SMILES string of the molecule is C=C(C)CNCc1cccc(Br)c1. The zero-order chi connectivity index (χ0) is 9.68. The Bertz CT molecular complexity index is 294. The van der Waals surface area contributed by atoms with E-state index in [-0.39, 0.29) is 0 Å². The van der Waals surface area contributed by atoms with Crippen LogP contribution in [0.4, 0.5) is 0 Å². The van der Waals surface area contributed by atoms with Crippen LogP contribution >= 0.6 is 15.9 Å². The molecule has 1 aromatic rings. The molecule has 1 rings (SSSR count). The van der Waals surface area contributed by atoms with Gasteiger partial charge < -0.3 is 5.32 Å². The van der Waals surface area contributed by atoms with Gasteiger partial charge >= 0.3 is 0 Å². The molecule has 0 spiro atoms. The first-order chi connectivity index (χ1) is 6.18. The molecule has 0 saturated carbocycles. The van der Waals surface area contributed by atoms with Crippen molar-refractivity contribution in [3.05, 3.63) is 46.5 Å². The average molecular weight is 240 g/mol. The predicted molar refractivity (Wildman–Crippen MR) is 60.7 cm³/mol. The van der Waals surface area contributed by atoms with Crippen LogP contribution in [0.25, 0.3) is 0 Å². The minimum absolute atomic E-state index is 0.881. The number of nitrogens with one attached hydrogen (secondary N) is 1. The topological polar surface area (TPSA) is 12.0 Å². The maximum Gasteiger partial charge on any atom is 0.0208 e. The summed E-state index contributed by atoms with van der Waals surface area (Å²) in [5, 5.41) is 3.31. The molecule has 0 bridgehead atoms. The second kappa shape index (κ2) is 5.20. The van der Waals surface area contributed by atoms with Gasteiger partial charge in [-0.3, -0.25) is 0 Å². The van der Waals surface area contributed by atoms with Crippen LogP contribution in [0.3, 0.4) is 0 Å². The monoisotopic (exact) mass is 239 g/mol. The third-order valence-corrected chi connectivity index (χ3v) is 2.14. The van der Waals surface area contributed by atoms with Gasteiger partial charge in [0.05, 0.1) is 0 Å². The molecule has 0 atom stereocenters. The Kier molecular flexibility index (Phi) is 4.19. The van der Waals surface area contributed by atoms with E-state index in [2.05, 4.69) is 40.0 Å². The molecule has 0 aromatic heterocycles. The first-order valence-corrected chi connectivity index (χ1v) is 5.07. The number of benzene rings is 1. The van der Waals surface area contributed by atoms with Crippen LogP contribution in [0, 0.1) is 0 Å². The largest absolute Gasteiger partial charge is 0.309 e. The predicted octanol–water partition coefficient (Wildman–Crippen LogP) is 3.11. The van der Waals surface area contributed by atoms with Crippen LogP contribution in [0.5, 0.6) is 0 Å². The second-order valence-electron chi connectivity index (χ2n) is 3.19. The van der Waals surface area contributed by atoms with E-state index in [1.165, 1.54) is 5.56 Å². The molecule has 1 N–H and O–H groups in total. The molecule has 0 radical (unpaired) electrons. The summed E-state index contributed by atoms with van der Waals surface area (Å²) in [7, 11) is 0. The Morgan fingerprint density at radius 1 is 1.54 bits per heavy atom. The van der Waals surface area contributed by atoms with E-state index < -0.39 is 0 Å². The lowest BCUT2D eigenvalue weighted by Crippen LogP contribution is -2.14. The van der Waals surface area contributed by atoms with Crippen LogP contribution in [0.2, 0.25) is 0 Å². The van der Waals surface area contributed by atoms with Gasteiger partial charge in [0, 0.05) is 17.6 Å². The summed E-state index contributed by atoms with van der Waals surface area (Å²) in [6, 6.07) is 8.30. The first kappa shape index (κ1) is 10.5. The van der Waals surface area contributed by atoms with Crippen molar-refractivity contribution in [1.82, 2.24) is 5.32 Å². The lowest BCUT2D eigenvalue weighted by atomic mass is 10.2. The van der Waals surface area contributed by atoms with Crippen molar-refractivity contribution in [1.29, 1.82) is 0 Å². The van der Waals surface area contributed by atoms with Gasteiger partial charge in [0.2, 0.25) is 0 Å². The van der Waals surface area contributed by atoms with Gasteiger partial charge in [-0.1, -0.05) is 40.2 Å². The molecule has 0 fully saturated rings. The Morgan fingerprint density at radius 3 is 2.92 bits per heavy atom. The highest BCUT2D eigenvalue weighted by atomic mass is 79.9. The third-order valence-electron chi connectivity index (χ3n) is 1.64. The molecular formula is C11H14BrN. The quantitative estimate of drug-likeness (QED) is 0.797. The van der Waals surface area contributed by atoms with E-state index in [0.717, 1.165) is 23.1 Å². The standard InChI is InChI=1S/C11H14BrN/c1-9(2)7-13-8-10-4-3-5-11(12)6-10/h3-6,13H,1,7-8H2,2H3. The fraction of sp³-hybridized carbons (Fsp3) is 0.273. The molecule has 1 nitrogen and oxygen atoms in total. The number of hydrogen-bond acceptors (Lipinski definition) is 1. The fourth-order valence-corrected chi connectivity index (χ4v) is 1.51. The van der Waals surface area contributed by atoms with Crippen molar-refractivity contribution < 1.29 is 0 Å². The molecular weight excluding hydrogens is 226 g/mol. The third kappa shape index (κ3) is 4.25. The average Bonchev–Trinajstić information content (AvgIpc) is 2.03. The molecule has 70 valence electrons. The summed E-state index contributed by atoms with van der Waals surface area (Å²) < 4.78 is 1.13. The summed E-state index contributed by atoms with van der Waals surface area (Å²) in [5.41, 5.74) is 2.45. The van der Waals surface area contributed by atoms with Gasteiger partial charge in [0.25, 0.3) is 0 Å². The highest BCUT2D eigenvalue weighted by Crippen LogP contribution is 2.11. The minimum atomic E-state index is 0.881. The van der Waals surface area contributed by atoms with E-state index in [4.69, 9.17) is 0 Å². The number of hydrogen-bond donors (Lipinski definition) is 1. The van der Waals surface area contributed by atoms with E-state index in [1.54, 1.807) is 0 Å². The van der Waals surface area contributed by atoms with E-state index in [0.29, 0.717) is 0 Å². The molecule has 0 aliphatic carbocycles. The van der Waals surface area contributed by atoms with Gasteiger partial charge in [-0.25, -0.2) is 0 Å². The zero-order valence-corrected chi connectivity index (χ0v) is 9.39. The molecule has 0 amide bonds. The van der Waals surface area contributed by atoms with Gasteiger partial charge in [-0.05, 0) is 24.6 Å². The molecule has 0 unspecified atom stereocenters. The number of rotatable bonds is 4. The van der Waals surface area contributed by atoms with Gasteiger partial charge in [-0.15, -0.1) is 0 Å². The van der Waals surface area contributed by atoms with Crippen molar-refractivity contribution in [3.8, 4) is 0 Å². The second-order valence-corrected chi connectivity index (χ2v) is 4.11. The molecule has 2 heteroatoms. The van der Waals surface area contributed by atoms with E-state index in [1.807, 2.05) is 19.1 Å². The normalized spacial score (nSPS) is 10.0. The van der Waals surface area contributed by atoms with Crippen LogP contribution in [-0.2, 0) is 6.54 Å². The summed E-state index contributed by atoms with van der Waals surface area (Å²) in [4.78, 5) is 0. The molecule has 0 aliphatic heterocycles. The van der Waals surface area contributed by atoms with Crippen molar-refractivity contribution in [2.24, 2.45) is 0 Å². The Morgan fingerprint density at radius 2 is 2.31 bits per heavy atom. The van der Waals surface area contributed by atoms with Gasteiger partial charge in [0.1, 0.15) is 0 Å². The Balaban J connectivity index is 2.41. The zero-order valence-electron chi connectivity index (χ0n) is 7.81. The van der Waals surface area contributed by atoms with Crippen molar-refractivity contribution in [2.75, 3.05) is 6.54 Å². The molecule has 0 heterocycles. The minimum Gasteiger partial charge on any atom is -0.309 e. The van der Waals surface area contributed by atoms with E-state index in [9.17, 15) is 0 Å². The molecule has 0 saturated heterocycles. The highest BCUT2D eigenvalue weighted by molar-refractivity contribution is 9.10. The van der Waals surface area contributed by atoms with Crippen LogP contribution < -0.4 is 5.32 Å². The van der Waals surface area contributed by atoms with E-state index >= 15 is 0 Å². The summed E-state index contributed by atoms with van der Waals surface area (Å²) >= 11 is 3.44. The molecule has 13 heavy (non-hydrogen) atoms. The van der Waals surface area contributed by atoms with Crippen molar-refractivity contribution >= 4 is 15.9 Å². The number of halogens is 1. The first-order valence-electron chi connectivity index (χ1n) is 4.28. The van der Waals surface area contributed by atoms with Crippen LogP contribution in [-0.4, -0.2) is 6.54 Å². The summed E-state index contributed by atoms with van der Waals surface area (Å²) in [6.07, 6.45) is 0. The lowest BCUT2D eigenvalue weighted by molar-refractivity contribution is 0.741. The van der Waals surface area contributed by atoms with Gasteiger partial charge in [0.15, 0.2) is 0 Å².